The molecule has 9 nitrogen and oxygen atoms in total. The van der Waals surface area contributed by atoms with Crippen LogP contribution in [0.5, 0.6) is 0 Å². The van der Waals surface area contributed by atoms with Crippen molar-refractivity contribution < 1.29 is 46.2 Å². The second kappa shape index (κ2) is 8.66. The van der Waals surface area contributed by atoms with Crippen molar-refractivity contribution in [1.29, 1.82) is 5.41 Å². The summed E-state index contributed by atoms with van der Waals surface area (Å²) in [6.45, 7) is -0.227. The molecule has 4 N–H and O–H groups in total. The third kappa shape index (κ3) is 31.8. The number of likely N-dealkylation sites (N-methyl/N-ethyl adjacent to an activating group) is 1. The van der Waals surface area contributed by atoms with E-state index in [1.165, 1.54) is 7.05 Å². The Morgan fingerprint density at radius 1 is 1.53 bits per heavy atom. The smallest absolute Gasteiger partial charge is 0.822 e. The number of nitrogens with two attached hydrogens (primary N) is 1. The van der Waals surface area contributed by atoms with Gasteiger partial charge in [0.15, 0.2) is 5.96 Å². The van der Waals surface area contributed by atoms with Gasteiger partial charge in [0.25, 0.3) is 0 Å². The predicted octanol–water partition coefficient (Wildman–Crippen LogP) is -3.93. The van der Waals surface area contributed by atoms with Gasteiger partial charge in [-0.15, -0.1) is 0 Å². The molecule has 0 heterocycles. The van der Waals surface area contributed by atoms with E-state index in [0.29, 0.717) is 0 Å². The van der Waals surface area contributed by atoms with Gasteiger partial charge in [0, 0.05) is 7.05 Å². The zero-order valence-electron chi connectivity index (χ0n) is 7.55. The molecule has 0 aromatic carbocycles. The second-order valence-electron chi connectivity index (χ2n) is 2.08. The van der Waals surface area contributed by atoms with E-state index in [-0.39, 0.29) is 29.6 Å². The van der Waals surface area contributed by atoms with Crippen LogP contribution in [0.3, 0.4) is 0 Å². The third-order valence-electron chi connectivity index (χ3n) is 0.784. The van der Waals surface area contributed by atoms with Crippen LogP contribution in [-0.2, 0) is 26.4 Å². The van der Waals surface area contributed by atoms with Crippen LogP contribution < -0.4 is 20.4 Å². The summed E-state index contributed by atoms with van der Waals surface area (Å²) in [5, 5.41) is 14.9. The zero-order valence-corrected chi connectivity index (χ0v) is 9.62. The molecule has 0 radical (unpaired) electrons. The van der Waals surface area contributed by atoms with Gasteiger partial charge in [-0.05, 0) is 0 Å². The number of carboxylic acids is 1. The van der Waals surface area contributed by atoms with E-state index in [1.807, 2.05) is 0 Å². The number of aliphatic carboxylic acids is 1. The molecule has 15 heavy (non-hydrogen) atoms. The summed E-state index contributed by atoms with van der Waals surface area (Å²) >= 11 is 0. The molecule has 0 amide bonds. The topological polar surface area (TPSA) is 177 Å². The fourth-order valence-corrected chi connectivity index (χ4v) is 0.288. The minimum atomic E-state index is -5.39. The number of nitrogens with zero attached hydrogens (tertiary/aromatic N) is 1. The molecule has 0 saturated carbocycles. The average molecular weight is 281 g/mol. The molecule has 0 atom stereocenters. The molecule has 11 heteroatoms. The summed E-state index contributed by atoms with van der Waals surface area (Å²) in [6, 6.07) is 0. The van der Waals surface area contributed by atoms with Gasteiger partial charge in [-0.3, -0.25) is 10.2 Å². The van der Waals surface area contributed by atoms with Gasteiger partial charge in [0.2, 0.25) is 0 Å². The summed E-state index contributed by atoms with van der Waals surface area (Å²) in [5.74, 6) is -1.23. The summed E-state index contributed by atoms with van der Waals surface area (Å²) in [4.78, 5) is 36.7. The Bertz CT molecular complexity index is 246. The molecule has 0 unspecified atom stereocenters. The minimum absolute atomic E-state index is 0. The third-order valence-corrected chi connectivity index (χ3v) is 0.784. The van der Waals surface area contributed by atoms with Crippen molar-refractivity contribution in [3.05, 3.63) is 0 Å². The first-order valence-corrected chi connectivity index (χ1v) is 4.50. The monoisotopic (exact) mass is 281 g/mol. The Labute approximate surface area is 96.1 Å². The Morgan fingerprint density at radius 3 is 1.87 bits per heavy atom. The normalized spacial score (nSPS) is 9.07. The van der Waals surface area contributed by atoms with Crippen LogP contribution in [0.15, 0.2) is 0 Å². The maximum absolute atomic E-state index is 9.92. The first kappa shape index (κ1) is 19.9. The number of hydrogen-bond acceptors (Lipinski definition) is 6. The summed E-state index contributed by atoms with van der Waals surface area (Å²) < 4.78 is 8.55. The molecule has 0 aliphatic carbocycles. The molecular weight excluding hydrogens is 272 g/mol. The molecule has 0 aromatic heterocycles. The fraction of sp³-hybridized carbons (Fsp3) is 0.500. The van der Waals surface area contributed by atoms with Crippen molar-refractivity contribution >= 4 is 19.8 Å². The molecular formula is C4H9MnN3O6P. The maximum atomic E-state index is 9.92. The van der Waals surface area contributed by atoms with E-state index >= 15 is 0 Å². The van der Waals surface area contributed by atoms with Crippen LogP contribution in [0, 0.1) is 5.41 Å². The van der Waals surface area contributed by atoms with E-state index < -0.39 is 13.8 Å². The molecule has 0 rings (SSSR count). The van der Waals surface area contributed by atoms with Crippen LogP contribution in [0.4, 0.5) is 0 Å². The molecule has 0 aliphatic rings. The standard InChI is InChI=1S/C4H9N3O2.Mn.H3O4P/c1-7(4(5)6)2-3(8)9;;1-5(2,3)4/h2H2,1H3,(H3,5,6)(H,8,9);;(H3,1,2,3,4)/q;+3;/p-3. The first-order chi connectivity index (χ1) is 6.04. The number of guanidine groups is 1. The Hall–Kier alpha value is -0.631. The Balaban J connectivity index is -0.000000208. The SMILES string of the molecule is CN(CC(=O)O)C(=N)N.O=P([O-])([O-])[O-].[Mn+3]. The van der Waals surface area contributed by atoms with E-state index in [1.54, 1.807) is 0 Å². The molecule has 0 saturated heterocycles. The average Bonchev–Trinajstić information content (AvgIpc) is 1.80. The van der Waals surface area contributed by atoms with E-state index in [0.717, 1.165) is 4.90 Å². The maximum Gasteiger partial charge on any atom is 3.00 e. The van der Waals surface area contributed by atoms with Gasteiger partial charge in [-0.25, -0.2) is 0 Å². The Kier molecular flexibility index (Phi) is 11.5. The van der Waals surface area contributed by atoms with Crippen molar-refractivity contribution in [3.8, 4) is 0 Å². The van der Waals surface area contributed by atoms with Crippen LogP contribution in [-0.4, -0.2) is 35.5 Å². The largest absolute Gasteiger partial charge is 3.00 e. The summed E-state index contributed by atoms with van der Waals surface area (Å²) in [7, 11) is -3.95. The van der Waals surface area contributed by atoms with E-state index in [4.69, 9.17) is 35.5 Å². The van der Waals surface area contributed by atoms with Crippen molar-refractivity contribution in [1.82, 2.24) is 4.90 Å². The zero-order chi connectivity index (χ0) is 11.9. The molecule has 0 aromatic rings. The number of nitrogens with one attached hydrogen (secondary N) is 1. The van der Waals surface area contributed by atoms with Gasteiger partial charge in [0.1, 0.15) is 6.54 Å². The fourth-order valence-electron chi connectivity index (χ4n) is 0.288. The van der Waals surface area contributed by atoms with E-state index in [2.05, 4.69) is 0 Å². The van der Waals surface area contributed by atoms with Gasteiger partial charge < -0.3 is 35.0 Å². The molecule has 0 bridgehead atoms. The van der Waals surface area contributed by atoms with Gasteiger partial charge >= 0.3 is 23.0 Å². The van der Waals surface area contributed by atoms with Gasteiger partial charge in [-0.1, -0.05) is 0 Å². The van der Waals surface area contributed by atoms with Crippen LogP contribution in [0.1, 0.15) is 0 Å². The number of rotatable bonds is 2. The number of carboxylic acid groups (broad SMARTS) is 1. The van der Waals surface area contributed by atoms with Crippen molar-refractivity contribution in [2.24, 2.45) is 5.73 Å². The van der Waals surface area contributed by atoms with Crippen molar-refractivity contribution in [2.75, 3.05) is 13.6 Å². The van der Waals surface area contributed by atoms with Crippen molar-refractivity contribution in [3.63, 3.8) is 0 Å². The quantitative estimate of drug-likeness (QED) is 0.199. The van der Waals surface area contributed by atoms with Crippen LogP contribution >= 0.6 is 7.82 Å². The number of phosphoric acid groups is 1. The molecule has 88 valence electrons. The number of hydrogen-bond donors (Lipinski definition) is 3. The molecule has 0 aliphatic heterocycles. The number of carbonyl (C=O) groups is 1. The predicted molar refractivity (Wildman–Crippen MR) is 39.8 cm³/mol. The van der Waals surface area contributed by atoms with E-state index in [9.17, 15) is 4.79 Å². The van der Waals surface area contributed by atoms with Crippen molar-refractivity contribution in [2.45, 2.75) is 0 Å². The Morgan fingerprint density at radius 2 is 1.80 bits per heavy atom. The van der Waals surface area contributed by atoms with Crippen LogP contribution in [0.2, 0.25) is 0 Å². The summed E-state index contributed by atoms with van der Waals surface area (Å²) in [5.41, 5.74) is 4.93. The summed E-state index contributed by atoms with van der Waals surface area (Å²) in [6.07, 6.45) is 0. The minimum Gasteiger partial charge on any atom is -0.822 e. The van der Waals surface area contributed by atoms with Gasteiger partial charge in [0.05, 0.1) is 0 Å². The molecule has 0 spiro atoms. The second-order valence-corrected chi connectivity index (χ2v) is 2.98. The first-order valence-electron chi connectivity index (χ1n) is 3.04. The molecule has 0 fully saturated rings. The van der Waals surface area contributed by atoms with Gasteiger partial charge in [-0.2, -0.15) is 7.82 Å². The van der Waals surface area contributed by atoms with Crippen LogP contribution in [0.25, 0.3) is 0 Å².